The van der Waals surface area contributed by atoms with Gasteiger partial charge < -0.3 is 33.7 Å². The number of halogens is 1. The molecule has 1 amide bonds. The van der Waals surface area contributed by atoms with Crippen molar-refractivity contribution in [1.29, 1.82) is 0 Å². The highest BCUT2D eigenvalue weighted by molar-refractivity contribution is 6.01. The summed E-state index contributed by atoms with van der Waals surface area (Å²) in [5, 5.41) is 12.1. The van der Waals surface area contributed by atoms with Crippen LogP contribution in [0.5, 0.6) is 11.8 Å². The molecule has 14 nitrogen and oxygen atoms in total. The first-order chi connectivity index (χ1) is 27.2. The van der Waals surface area contributed by atoms with Crippen LogP contribution in [0, 0.1) is 5.82 Å². The van der Waals surface area contributed by atoms with Crippen LogP contribution in [-0.4, -0.2) is 126 Å². The first-order valence-electron chi connectivity index (χ1n) is 19.7. The Morgan fingerprint density at radius 1 is 1.05 bits per heavy atom. The molecule has 4 aliphatic rings. The number of piperazine rings is 1. The van der Waals surface area contributed by atoms with Crippen molar-refractivity contribution < 1.29 is 42.8 Å². The highest BCUT2D eigenvalue weighted by Crippen LogP contribution is 2.44. The summed E-state index contributed by atoms with van der Waals surface area (Å²) in [5.41, 5.74) is 1.54. The first kappa shape index (κ1) is 38.0. The Morgan fingerprint density at radius 2 is 1.88 bits per heavy atom. The van der Waals surface area contributed by atoms with Gasteiger partial charge in [0.15, 0.2) is 12.6 Å². The van der Waals surface area contributed by atoms with Crippen molar-refractivity contribution in [2.24, 2.45) is 0 Å². The number of ether oxygens (including phenoxy) is 5. The Hall–Kier alpha value is -4.86. The van der Waals surface area contributed by atoms with Gasteiger partial charge in [-0.2, -0.15) is 9.97 Å². The second kappa shape index (κ2) is 15.9. The van der Waals surface area contributed by atoms with E-state index in [-0.39, 0.29) is 60.3 Å². The van der Waals surface area contributed by atoms with Gasteiger partial charge in [-0.3, -0.25) is 14.8 Å². The van der Waals surface area contributed by atoms with E-state index in [9.17, 15) is 14.7 Å². The van der Waals surface area contributed by atoms with Crippen molar-refractivity contribution >= 4 is 39.6 Å². The van der Waals surface area contributed by atoms with Gasteiger partial charge in [-0.25, -0.2) is 14.0 Å². The number of methoxy groups -OCH3 is 1. The smallest absolute Gasteiger partial charge is 0.407 e. The number of aryl methyl sites for hydroxylation is 1. The highest BCUT2D eigenvalue weighted by Gasteiger charge is 2.50. The summed E-state index contributed by atoms with van der Waals surface area (Å²) in [7, 11) is 1.55. The third kappa shape index (κ3) is 7.05. The molecule has 4 atom stereocenters. The minimum absolute atomic E-state index is 0.0285. The first-order valence-corrected chi connectivity index (χ1v) is 19.7. The average Bonchev–Trinajstić information content (AvgIpc) is 3.85. The number of pyridine rings is 1. The molecule has 4 saturated heterocycles. The Morgan fingerprint density at radius 3 is 2.62 bits per heavy atom. The molecule has 0 spiro atoms. The summed E-state index contributed by atoms with van der Waals surface area (Å²) in [6.45, 7) is 6.49. The van der Waals surface area contributed by atoms with E-state index in [0.717, 1.165) is 67.8 Å². The van der Waals surface area contributed by atoms with Crippen molar-refractivity contribution in [1.82, 2.24) is 24.8 Å². The Bertz CT molecular complexity index is 2110. The summed E-state index contributed by atoms with van der Waals surface area (Å²) in [6.07, 6.45) is 6.57. The number of rotatable bonds is 14. The summed E-state index contributed by atoms with van der Waals surface area (Å²) in [4.78, 5) is 44.5. The number of benzene rings is 2. The number of nitrogens with zero attached hydrogens (tertiary/aromatic N) is 6. The van der Waals surface area contributed by atoms with Gasteiger partial charge in [0, 0.05) is 38.0 Å². The highest BCUT2D eigenvalue weighted by atomic mass is 19.1. The number of carboxylic acid groups (broad SMARTS) is 1. The fourth-order valence-corrected chi connectivity index (χ4v) is 9.54. The van der Waals surface area contributed by atoms with Gasteiger partial charge in [0.25, 0.3) is 0 Å². The van der Waals surface area contributed by atoms with Crippen LogP contribution < -0.4 is 14.4 Å². The normalized spacial score (nSPS) is 23.2. The van der Waals surface area contributed by atoms with E-state index in [2.05, 4.69) is 11.8 Å². The lowest BCUT2D eigenvalue weighted by molar-refractivity contribution is -0.149. The third-order valence-corrected chi connectivity index (χ3v) is 12.0. The fraction of sp³-hybridized carbons (Fsp3) is 0.537. The van der Waals surface area contributed by atoms with Gasteiger partial charge in [-0.05, 0) is 86.9 Å². The summed E-state index contributed by atoms with van der Waals surface area (Å²) >= 11 is 0. The largest absolute Gasteiger partial charge is 0.468 e. The van der Waals surface area contributed by atoms with Gasteiger partial charge in [0.1, 0.15) is 36.0 Å². The number of carbonyl (C=O) groups is 2. The molecule has 4 fully saturated rings. The molecule has 6 heterocycles. The van der Waals surface area contributed by atoms with Crippen LogP contribution in [0.15, 0.2) is 36.5 Å². The van der Waals surface area contributed by atoms with Gasteiger partial charge in [-0.1, -0.05) is 25.1 Å². The van der Waals surface area contributed by atoms with Crippen molar-refractivity contribution in [3.05, 3.63) is 47.9 Å². The van der Waals surface area contributed by atoms with E-state index in [4.69, 9.17) is 38.6 Å². The van der Waals surface area contributed by atoms with Gasteiger partial charge >= 0.3 is 18.1 Å². The van der Waals surface area contributed by atoms with E-state index < -0.39 is 11.9 Å². The molecule has 2 unspecified atom stereocenters. The average molecular weight is 773 g/mol. The van der Waals surface area contributed by atoms with Crippen LogP contribution in [-0.2, 0) is 25.4 Å². The molecule has 298 valence electrons. The standard InChI is InChI=1S/C41H49FN6O8/c1-4-25-8-6-9-26-16-30(56-24-52-3)17-31(34(25)26)36-35(42)37-32(18-43-36)38(46-19-27-10-11-28(20-46)48(27)40(50)51)45-39(44-37)55-23-41-13-7-15-47(41)29(12-14-41)21-53-22-33(49)54-5-2/h6,8-9,16-18,27-29H,4-5,7,10-15,19-24H2,1-3H3,(H,50,51)/t27?,28?,29-,41-/m0/s1. The molecule has 4 aliphatic heterocycles. The SMILES string of the molecule is CCOC(=O)COC[C@@H]1CC[C@]2(COc3nc(N4CC5CCC(C4)N5C(=O)O)c4cnc(-c5cc(OCOC)cc6cccc(CC)c56)c(F)c4n3)CCCN12. The molecule has 0 aliphatic carbocycles. The maximum atomic E-state index is 17.4. The molecule has 2 aromatic carbocycles. The zero-order valence-electron chi connectivity index (χ0n) is 32.2. The molecule has 2 aromatic heterocycles. The number of aromatic nitrogens is 3. The van der Waals surface area contributed by atoms with E-state index in [1.54, 1.807) is 31.2 Å². The van der Waals surface area contributed by atoms with Crippen molar-refractivity contribution in [3.63, 3.8) is 0 Å². The number of fused-ring (bicyclic) bond motifs is 5. The Kier molecular flexibility index (Phi) is 10.8. The third-order valence-electron chi connectivity index (χ3n) is 12.0. The molecule has 15 heteroatoms. The van der Waals surface area contributed by atoms with Crippen LogP contribution in [0.25, 0.3) is 32.9 Å². The molecule has 0 radical (unpaired) electrons. The molecule has 0 saturated carbocycles. The Labute approximate surface area is 324 Å². The topological polar surface area (TPSA) is 149 Å². The molecule has 1 N–H and O–H groups in total. The lowest BCUT2D eigenvalue weighted by Gasteiger charge is -2.40. The molecule has 4 aromatic rings. The minimum atomic E-state index is -0.928. The van der Waals surface area contributed by atoms with Crippen molar-refractivity contribution in [3.8, 4) is 23.0 Å². The number of carbonyl (C=O) groups excluding carboxylic acids is 1. The van der Waals surface area contributed by atoms with Crippen LogP contribution in [0.2, 0.25) is 0 Å². The zero-order valence-corrected chi connectivity index (χ0v) is 32.2. The van der Waals surface area contributed by atoms with Gasteiger partial charge in [0.2, 0.25) is 0 Å². The second-order valence-electron chi connectivity index (χ2n) is 15.2. The number of hydrogen-bond donors (Lipinski definition) is 1. The summed E-state index contributed by atoms with van der Waals surface area (Å²) in [5.74, 6) is 0.00247. The lowest BCUT2D eigenvalue weighted by atomic mass is 9.95. The predicted octanol–water partition coefficient (Wildman–Crippen LogP) is 5.82. The molecule has 8 rings (SSSR count). The van der Waals surface area contributed by atoms with Crippen molar-refractivity contribution in [2.75, 3.05) is 64.9 Å². The molecular formula is C41H49FN6O8. The van der Waals surface area contributed by atoms with Crippen LogP contribution >= 0.6 is 0 Å². The van der Waals surface area contributed by atoms with E-state index in [0.29, 0.717) is 55.4 Å². The van der Waals surface area contributed by atoms with Gasteiger partial charge in [-0.15, -0.1) is 0 Å². The summed E-state index contributed by atoms with van der Waals surface area (Å²) < 4.78 is 45.7. The molecular weight excluding hydrogens is 723 g/mol. The predicted molar refractivity (Wildman–Crippen MR) is 206 cm³/mol. The van der Waals surface area contributed by atoms with Gasteiger partial charge in [0.05, 0.1) is 36.2 Å². The number of hydrogen-bond acceptors (Lipinski definition) is 12. The van der Waals surface area contributed by atoms with E-state index >= 15 is 4.39 Å². The monoisotopic (exact) mass is 772 g/mol. The Balaban J connectivity index is 1.17. The summed E-state index contributed by atoms with van der Waals surface area (Å²) in [6, 6.07) is 9.45. The van der Waals surface area contributed by atoms with E-state index in [1.807, 2.05) is 29.2 Å². The molecule has 56 heavy (non-hydrogen) atoms. The number of anilines is 1. The van der Waals surface area contributed by atoms with Crippen molar-refractivity contribution in [2.45, 2.75) is 82.5 Å². The zero-order chi connectivity index (χ0) is 39.0. The maximum Gasteiger partial charge on any atom is 0.407 e. The number of amides is 1. The van der Waals surface area contributed by atoms with E-state index in [1.165, 1.54) is 0 Å². The van der Waals surface area contributed by atoms with Crippen LogP contribution in [0.3, 0.4) is 0 Å². The van der Waals surface area contributed by atoms with Crippen LogP contribution in [0.4, 0.5) is 15.0 Å². The fourth-order valence-electron chi connectivity index (χ4n) is 9.54. The van der Waals surface area contributed by atoms with Crippen LogP contribution in [0.1, 0.15) is 57.9 Å². The minimum Gasteiger partial charge on any atom is -0.468 e. The molecule has 2 bridgehead atoms. The number of esters is 1. The lowest BCUT2D eigenvalue weighted by Crippen LogP contribution is -2.55. The second-order valence-corrected chi connectivity index (χ2v) is 15.2. The maximum absolute atomic E-state index is 17.4. The quantitative estimate of drug-likeness (QED) is 0.121.